The Morgan fingerprint density at radius 3 is 2.67 bits per heavy atom. The fourth-order valence-electron chi connectivity index (χ4n) is 2.16. The third kappa shape index (κ3) is 4.71. The molecule has 0 amide bonds. The number of likely N-dealkylation sites (N-methyl/N-ethyl adjacent to an activating group) is 1. The topological polar surface area (TPSA) is 12.5 Å². The van der Waals surface area contributed by atoms with Crippen LogP contribution < -0.4 is 0 Å². The van der Waals surface area contributed by atoms with Gasteiger partial charge in [0.05, 0.1) is 11.7 Å². The third-order valence-corrected chi connectivity index (χ3v) is 3.34. The zero-order valence-electron chi connectivity index (χ0n) is 10.3. The fourth-order valence-corrected chi connectivity index (χ4v) is 2.28. The number of hydrogen-bond donors (Lipinski definition) is 0. The lowest BCUT2D eigenvalue weighted by atomic mass is 10.1. The average Bonchev–Trinajstić information content (AvgIpc) is 2.52. The molecule has 0 N–H and O–H groups in total. The monoisotopic (exact) mass is 233 g/mol. The predicted octanol–water partition coefficient (Wildman–Crippen LogP) is 2.89. The van der Waals surface area contributed by atoms with Crippen molar-refractivity contribution in [2.24, 2.45) is 0 Å². The van der Waals surface area contributed by atoms with Gasteiger partial charge >= 0.3 is 0 Å². The molecule has 3 heteroatoms. The highest BCUT2D eigenvalue weighted by molar-refractivity contribution is 6.17. The Balaban J connectivity index is 2.27. The van der Waals surface area contributed by atoms with Gasteiger partial charge in [0.25, 0.3) is 0 Å². The second-order valence-electron chi connectivity index (χ2n) is 4.97. The number of ether oxygens (including phenoxy) is 1. The van der Waals surface area contributed by atoms with E-state index in [4.69, 9.17) is 16.3 Å². The van der Waals surface area contributed by atoms with Gasteiger partial charge in [0.1, 0.15) is 0 Å². The molecule has 1 unspecified atom stereocenters. The minimum absolute atomic E-state index is 0.0938. The van der Waals surface area contributed by atoms with Crippen LogP contribution in [0.5, 0.6) is 0 Å². The largest absolute Gasteiger partial charge is 0.371 e. The lowest BCUT2D eigenvalue weighted by Gasteiger charge is -2.25. The number of rotatable bonds is 6. The van der Waals surface area contributed by atoms with Gasteiger partial charge in [-0.3, -0.25) is 0 Å². The zero-order valence-corrected chi connectivity index (χ0v) is 11.0. The lowest BCUT2D eigenvalue weighted by molar-refractivity contribution is -0.0280. The quantitative estimate of drug-likeness (QED) is 0.655. The summed E-state index contributed by atoms with van der Waals surface area (Å²) in [5.74, 6) is 0.757. The van der Waals surface area contributed by atoms with Crippen molar-refractivity contribution in [2.75, 3.05) is 25.5 Å². The van der Waals surface area contributed by atoms with Crippen molar-refractivity contribution >= 4 is 11.6 Å². The molecule has 1 rings (SSSR count). The summed E-state index contributed by atoms with van der Waals surface area (Å²) in [7, 11) is 0. The molecular weight excluding hydrogens is 210 g/mol. The zero-order chi connectivity index (χ0) is 11.3. The highest BCUT2D eigenvalue weighted by Gasteiger charge is 2.32. The Labute approximate surface area is 98.9 Å². The van der Waals surface area contributed by atoms with Crippen LogP contribution >= 0.6 is 11.6 Å². The van der Waals surface area contributed by atoms with E-state index in [1.807, 2.05) is 0 Å². The molecule has 0 saturated carbocycles. The summed E-state index contributed by atoms with van der Waals surface area (Å²) in [4.78, 5) is 2.44. The molecule has 0 aromatic rings. The van der Waals surface area contributed by atoms with Crippen LogP contribution in [0, 0.1) is 0 Å². The maximum Gasteiger partial charge on any atom is 0.0710 e. The van der Waals surface area contributed by atoms with Crippen molar-refractivity contribution in [1.82, 2.24) is 4.90 Å². The normalized spacial score (nSPS) is 25.0. The molecular formula is C12H24ClNO. The van der Waals surface area contributed by atoms with Crippen molar-refractivity contribution < 1.29 is 4.74 Å². The van der Waals surface area contributed by atoms with E-state index in [-0.39, 0.29) is 5.60 Å². The standard InChI is InChI=1S/C12H24ClNO/c1-4-14(9-5-8-13)10-11-6-7-12(2,3)15-11/h11H,4-10H2,1-3H3. The molecule has 0 aromatic carbocycles. The first-order chi connectivity index (χ1) is 7.07. The summed E-state index contributed by atoms with van der Waals surface area (Å²) in [6.07, 6.45) is 3.89. The number of hydrogen-bond acceptors (Lipinski definition) is 2. The van der Waals surface area contributed by atoms with Gasteiger partial charge < -0.3 is 9.64 Å². The van der Waals surface area contributed by atoms with Crippen LogP contribution in [0.1, 0.15) is 40.0 Å². The molecule has 1 saturated heterocycles. The smallest absolute Gasteiger partial charge is 0.0710 e. The Bertz CT molecular complexity index is 184. The van der Waals surface area contributed by atoms with Crippen molar-refractivity contribution in [3.63, 3.8) is 0 Å². The van der Waals surface area contributed by atoms with Gasteiger partial charge in [0, 0.05) is 12.4 Å². The minimum atomic E-state index is 0.0938. The number of halogens is 1. The molecule has 0 spiro atoms. The molecule has 90 valence electrons. The van der Waals surface area contributed by atoms with Crippen molar-refractivity contribution in [1.29, 1.82) is 0 Å². The van der Waals surface area contributed by atoms with Crippen LogP contribution in [0.15, 0.2) is 0 Å². The average molecular weight is 234 g/mol. The first-order valence-corrected chi connectivity index (χ1v) is 6.57. The van der Waals surface area contributed by atoms with Gasteiger partial charge in [0.15, 0.2) is 0 Å². The molecule has 0 aliphatic carbocycles. The van der Waals surface area contributed by atoms with E-state index in [9.17, 15) is 0 Å². The molecule has 1 fully saturated rings. The third-order valence-electron chi connectivity index (χ3n) is 3.07. The summed E-state index contributed by atoms with van der Waals surface area (Å²) in [6, 6.07) is 0. The summed E-state index contributed by atoms with van der Waals surface area (Å²) in [6.45, 7) is 9.83. The first-order valence-electron chi connectivity index (χ1n) is 6.03. The molecule has 0 radical (unpaired) electrons. The van der Waals surface area contributed by atoms with Gasteiger partial charge in [-0.15, -0.1) is 11.6 Å². The van der Waals surface area contributed by atoms with Gasteiger partial charge in [-0.1, -0.05) is 6.92 Å². The van der Waals surface area contributed by atoms with E-state index in [0.29, 0.717) is 6.10 Å². The maximum absolute atomic E-state index is 5.99. The SMILES string of the molecule is CCN(CCCCl)CC1CCC(C)(C)O1. The predicted molar refractivity (Wildman–Crippen MR) is 65.6 cm³/mol. The fraction of sp³-hybridized carbons (Fsp3) is 1.00. The molecule has 1 atom stereocenters. The van der Waals surface area contributed by atoms with Gasteiger partial charge in [-0.2, -0.15) is 0 Å². The maximum atomic E-state index is 5.99. The second-order valence-corrected chi connectivity index (χ2v) is 5.35. The van der Waals surface area contributed by atoms with Crippen LogP contribution in [0.2, 0.25) is 0 Å². The van der Waals surface area contributed by atoms with Gasteiger partial charge in [0.2, 0.25) is 0 Å². The van der Waals surface area contributed by atoms with Crippen molar-refractivity contribution in [3.05, 3.63) is 0 Å². The highest BCUT2D eigenvalue weighted by atomic mass is 35.5. The molecule has 1 heterocycles. The second kappa shape index (κ2) is 6.07. The highest BCUT2D eigenvalue weighted by Crippen LogP contribution is 2.29. The van der Waals surface area contributed by atoms with Gasteiger partial charge in [-0.05, 0) is 46.2 Å². The first kappa shape index (κ1) is 13.3. The molecule has 2 nitrogen and oxygen atoms in total. The molecule has 15 heavy (non-hydrogen) atoms. The summed E-state index contributed by atoms with van der Waals surface area (Å²) in [5.41, 5.74) is 0.0938. The molecule has 0 bridgehead atoms. The Morgan fingerprint density at radius 1 is 1.47 bits per heavy atom. The summed E-state index contributed by atoms with van der Waals surface area (Å²) >= 11 is 5.71. The van der Waals surface area contributed by atoms with Crippen LogP contribution in [0.3, 0.4) is 0 Å². The number of alkyl halides is 1. The van der Waals surface area contributed by atoms with E-state index in [2.05, 4.69) is 25.7 Å². The lowest BCUT2D eigenvalue weighted by Crippen LogP contribution is -2.34. The molecule has 1 aliphatic rings. The summed E-state index contributed by atoms with van der Waals surface area (Å²) < 4.78 is 5.99. The Kier molecular flexibility index (Phi) is 5.37. The van der Waals surface area contributed by atoms with E-state index in [0.717, 1.165) is 31.9 Å². The van der Waals surface area contributed by atoms with Crippen molar-refractivity contribution in [3.8, 4) is 0 Å². The van der Waals surface area contributed by atoms with E-state index in [1.54, 1.807) is 0 Å². The Morgan fingerprint density at radius 2 is 2.20 bits per heavy atom. The minimum Gasteiger partial charge on any atom is -0.371 e. The number of nitrogens with zero attached hydrogens (tertiary/aromatic N) is 1. The van der Waals surface area contributed by atoms with E-state index < -0.39 is 0 Å². The van der Waals surface area contributed by atoms with Crippen LogP contribution in [0.4, 0.5) is 0 Å². The van der Waals surface area contributed by atoms with E-state index in [1.165, 1.54) is 12.8 Å². The summed E-state index contributed by atoms with van der Waals surface area (Å²) in [5, 5.41) is 0. The van der Waals surface area contributed by atoms with Gasteiger partial charge in [-0.25, -0.2) is 0 Å². The van der Waals surface area contributed by atoms with Crippen LogP contribution in [-0.2, 0) is 4.74 Å². The Hall–Kier alpha value is 0.210. The van der Waals surface area contributed by atoms with Crippen LogP contribution in [0.25, 0.3) is 0 Å². The van der Waals surface area contributed by atoms with Crippen LogP contribution in [-0.4, -0.2) is 42.1 Å². The molecule has 0 aromatic heterocycles. The van der Waals surface area contributed by atoms with Crippen molar-refractivity contribution in [2.45, 2.75) is 51.7 Å². The molecule has 1 aliphatic heterocycles. The van der Waals surface area contributed by atoms with E-state index >= 15 is 0 Å².